The van der Waals surface area contributed by atoms with Crippen molar-refractivity contribution < 1.29 is 4.74 Å². The average molecular weight is 264 g/mol. The summed E-state index contributed by atoms with van der Waals surface area (Å²) >= 11 is 0. The largest absolute Gasteiger partial charge is 0.472 e. The van der Waals surface area contributed by atoms with Crippen molar-refractivity contribution in [3.8, 4) is 5.88 Å². The maximum absolute atomic E-state index is 5.90. The summed E-state index contributed by atoms with van der Waals surface area (Å²) in [5.41, 5.74) is 2.16. The molecule has 0 aliphatic carbocycles. The van der Waals surface area contributed by atoms with Gasteiger partial charge in [0, 0.05) is 18.9 Å². The number of nitrogens with zero attached hydrogens (tertiary/aromatic N) is 1. The number of hydrogen-bond acceptors (Lipinski definition) is 3. The van der Waals surface area contributed by atoms with E-state index in [1.165, 1.54) is 0 Å². The first kappa shape index (κ1) is 12.5. The van der Waals surface area contributed by atoms with E-state index >= 15 is 0 Å². The van der Waals surface area contributed by atoms with Gasteiger partial charge in [-0.2, -0.15) is 0 Å². The van der Waals surface area contributed by atoms with Crippen LogP contribution >= 0.6 is 0 Å². The van der Waals surface area contributed by atoms with Crippen LogP contribution < -0.4 is 10.1 Å². The summed E-state index contributed by atoms with van der Waals surface area (Å²) < 4.78 is 5.90. The standard InChI is InChI=1S/C17H16N2O/c1-18-15-9-5-8-14-10-11-19-17(16(14)15)20-12-13-6-3-2-4-7-13/h2-11,18H,12H2,1H3. The van der Waals surface area contributed by atoms with Crippen molar-refractivity contribution in [2.24, 2.45) is 0 Å². The highest BCUT2D eigenvalue weighted by atomic mass is 16.5. The van der Waals surface area contributed by atoms with Crippen molar-refractivity contribution in [3.63, 3.8) is 0 Å². The lowest BCUT2D eigenvalue weighted by atomic mass is 10.1. The van der Waals surface area contributed by atoms with E-state index in [9.17, 15) is 0 Å². The molecule has 1 heterocycles. The van der Waals surface area contributed by atoms with Crippen LogP contribution in [0.4, 0.5) is 5.69 Å². The second kappa shape index (κ2) is 5.61. The summed E-state index contributed by atoms with van der Waals surface area (Å²) in [6, 6.07) is 18.2. The molecule has 0 radical (unpaired) electrons. The predicted octanol–water partition coefficient (Wildman–Crippen LogP) is 3.86. The molecule has 3 heteroatoms. The third kappa shape index (κ3) is 2.43. The van der Waals surface area contributed by atoms with Crippen LogP contribution in [0, 0.1) is 0 Å². The van der Waals surface area contributed by atoms with E-state index < -0.39 is 0 Å². The quantitative estimate of drug-likeness (QED) is 0.777. The topological polar surface area (TPSA) is 34.2 Å². The van der Waals surface area contributed by atoms with Crippen LogP contribution in [0.25, 0.3) is 10.8 Å². The van der Waals surface area contributed by atoms with Gasteiger partial charge in [-0.25, -0.2) is 4.98 Å². The Kier molecular flexibility index (Phi) is 3.50. The molecule has 3 rings (SSSR count). The van der Waals surface area contributed by atoms with Crippen molar-refractivity contribution in [2.45, 2.75) is 6.61 Å². The lowest BCUT2D eigenvalue weighted by molar-refractivity contribution is 0.298. The van der Waals surface area contributed by atoms with Gasteiger partial charge in [0.2, 0.25) is 5.88 Å². The molecular weight excluding hydrogens is 248 g/mol. The van der Waals surface area contributed by atoms with E-state index in [1.54, 1.807) is 6.20 Å². The summed E-state index contributed by atoms with van der Waals surface area (Å²) in [6.07, 6.45) is 1.78. The summed E-state index contributed by atoms with van der Waals surface area (Å²) in [7, 11) is 1.91. The van der Waals surface area contributed by atoms with Crippen LogP contribution in [0.2, 0.25) is 0 Å². The fraction of sp³-hybridized carbons (Fsp3) is 0.118. The lowest BCUT2D eigenvalue weighted by Gasteiger charge is -2.11. The number of aromatic nitrogens is 1. The zero-order chi connectivity index (χ0) is 13.8. The molecule has 0 aliphatic heterocycles. The Bertz CT molecular complexity index is 705. The van der Waals surface area contributed by atoms with Gasteiger partial charge in [0.05, 0.1) is 5.39 Å². The van der Waals surface area contributed by atoms with Crippen molar-refractivity contribution in [1.29, 1.82) is 0 Å². The Labute approximate surface area is 118 Å². The van der Waals surface area contributed by atoms with Crippen LogP contribution in [0.5, 0.6) is 5.88 Å². The SMILES string of the molecule is CNc1cccc2ccnc(OCc3ccccc3)c12. The maximum atomic E-state index is 5.90. The zero-order valence-corrected chi connectivity index (χ0v) is 11.3. The number of rotatable bonds is 4. The van der Waals surface area contributed by atoms with Crippen molar-refractivity contribution in [3.05, 3.63) is 66.4 Å². The Morgan fingerprint density at radius 3 is 2.65 bits per heavy atom. The third-order valence-electron chi connectivity index (χ3n) is 3.24. The molecule has 3 nitrogen and oxygen atoms in total. The molecule has 0 amide bonds. The average Bonchev–Trinajstić information content (AvgIpc) is 2.53. The number of hydrogen-bond donors (Lipinski definition) is 1. The van der Waals surface area contributed by atoms with Crippen molar-refractivity contribution in [2.75, 3.05) is 12.4 Å². The molecule has 0 unspecified atom stereocenters. The highest BCUT2D eigenvalue weighted by molar-refractivity contribution is 5.97. The highest BCUT2D eigenvalue weighted by Gasteiger charge is 2.08. The van der Waals surface area contributed by atoms with E-state index in [0.29, 0.717) is 12.5 Å². The fourth-order valence-electron chi connectivity index (χ4n) is 2.24. The minimum atomic E-state index is 0.519. The molecule has 100 valence electrons. The fourth-order valence-corrected chi connectivity index (χ4v) is 2.24. The third-order valence-corrected chi connectivity index (χ3v) is 3.24. The smallest absolute Gasteiger partial charge is 0.223 e. The number of benzene rings is 2. The molecule has 0 saturated carbocycles. The monoisotopic (exact) mass is 264 g/mol. The summed E-state index contributed by atoms with van der Waals surface area (Å²) in [4.78, 5) is 4.37. The van der Waals surface area contributed by atoms with Gasteiger partial charge in [-0.15, -0.1) is 0 Å². The minimum absolute atomic E-state index is 0.519. The van der Waals surface area contributed by atoms with E-state index in [4.69, 9.17) is 4.74 Å². The van der Waals surface area contributed by atoms with Gasteiger partial charge in [-0.3, -0.25) is 0 Å². The van der Waals surface area contributed by atoms with E-state index in [1.807, 2.05) is 55.6 Å². The van der Waals surface area contributed by atoms with E-state index in [0.717, 1.165) is 22.0 Å². The lowest BCUT2D eigenvalue weighted by Crippen LogP contribution is -1.99. The van der Waals surface area contributed by atoms with E-state index in [2.05, 4.69) is 16.4 Å². The van der Waals surface area contributed by atoms with Gasteiger partial charge in [-0.1, -0.05) is 42.5 Å². The Balaban J connectivity index is 1.95. The number of pyridine rings is 1. The van der Waals surface area contributed by atoms with Gasteiger partial charge in [0.25, 0.3) is 0 Å². The molecule has 0 bridgehead atoms. The minimum Gasteiger partial charge on any atom is -0.472 e. The molecule has 2 aromatic carbocycles. The second-order valence-corrected chi connectivity index (χ2v) is 4.54. The molecule has 1 aromatic heterocycles. The number of fused-ring (bicyclic) bond motifs is 1. The zero-order valence-electron chi connectivity index (χ0n) is 11.3. The molecule has 3 aromatic rings. The molecular formula is C17H16N2O. The van der Waals surface area contributed by atoms with E-state index in [-0.39, 0.29) is 0 Å². The van der Waals surface area contributed by atoms with Gasteiger partial charge >= 0.3 is 0 Å². The maximum Gasteiger partial charge on any atom is 0.223 e. The summed E-state index contributed by atoms with van der Waals surface area (Å²) in [5.74, 6) is 0.663. The first-order chi connectivity index (χ1) is 9.88. The normalized spacial score (nSPS) is 10.4. The van der Waals surface area contributed by atoms with Gasteiger partial charge in [-0.05, 0) is 23.1 Å². The highest BCUT2D eigenvalue weighted by Crippen LogP contribution is 2.30. The molecule has 0 saturated heterocycles. The predicted molar refractivity (Wildman–Crippen MR) is 82.1 cm³/mol. The molecule has 0 aliphatic rings. The molecule has 20 heavy (non-hydrogen) atoms. The number of anilines is 1. The van der Waals surface area contributed by atoms with Crippen LogP contribution in [0.15, 0.2) is 60.8 Å². The first-order valence-electron chi connectivity index (χ1n) is 6.60. The molecule has 0 spiro atoms. The van der Waals surface area contributed by atoms with Gasteiger partial charge in [0.1, 0.15) is 6.61 Å². The van der Waals surface area contributed by atoms with Crippen LogP contribution in [0.3, 0.4) is 0 Å². The van der Waals surface area contributed by atoms with Crippen LogP contribution in [-0.4, -0.2) is 12.0 Å². The molecule has 1 N–H and O–H groups in total. The van der Waals surface area contributed by atoms with Crippen molar-refractivity contribution in [1.82, 2.24) is 4.98 Å². The first-order valence-corrected chi connectivity index (χ1v) is 6.60. The van der Waals surface area contributed by atoms with Crippen molar-refractivity contribution >= 4 is 16.5 Å². The van der Waals surface area contributed by atoms with Crippen LogP contribution in [-0.2, 0) is 6.61 Å². The number of nitrogens with one attached hydrogen (secondary N) is 1. The molecule has 0 fully saturated rings. The molecule has 0 atom stereocenters. The van der Waals surface area contributed by atoms with Gasteiger partial charge < -0.3 is 10.1 Å². The van der Waals surface area contributed by atoms with Gasteiger partial charge in [0.15, 0.2) is 0 Å². The second-order valence-electron chi connectivity index (χ2n) is 4.54. The summed E-state index contributed by atoms with van der Waals surface area (Å²) in [6.45, 7) is 0.519. The van der Waals surface area contributed by atoms with Crippen LogP contribution in [0.1, 0.15) is 5.56 Å². The Hall–Kier alpha value is -2.55. The number of ether oxygens (including phenoxy) is 1. The Morgan fingerprint density at radius 1 is 1.00 bits per heavy atom. The summed E-state index contributed by atoms with van der Waals surface area (Å²) in [5, 5.41) is 5.33. The Morgan fingerprint density at radius 2 is 1.85 bits per heavy atom.